The van der Waals surface area contributed by atoms with E-state index in [1.165, 1.54) is 10.5 Å². The molecule has 1 aliphatic heterocycles. The molecule has 4 heteroatoms. The van der Waals surface area contributed by atoms with Crippen LogP contribution in [0, 0.1) is 5.92 Å². The first kappa shape index (κ1) is 16.4. The molecule has 0 radical (unpaired) electrons. The van der Waals surface area contributed by atoms with Crippen molar-refractivity contribution < 1.29 is 4.79 Å². The molecule has 1 N–H and O–H groups in total. The maximum Gasteiger partial charge on any atom is 0.222 e. The Morgan fingerprint density at radius 3 is 2.57 bits per heavy atom. The predicted molar refractivity (Wildman–Crippen MR) is 89.8 cm³/mol. The van der Waals surface area contributed by atoms with Crippen molar-refractivity contribution >= 4 is 17.7 Å². The van der Waals surface area contributed by atoms with Crippen molar-refractivity contribution in [2.75, 3.05) is 31.9 Å². The third-order valence-electron chi connectivity index (χ3n) is 3.81. The first-order valence-electron chi connectivity index (χ1n) is 7.89. The van der Waals surface area contributed by atoms with E-state index in [-0.39, 0.29) is 0 Å². The molecule has 2 rings (SSSR count). The summed E-state index contributed by atoms with van der Waals surface area (Å²) >= 11 is 1.87. The third-order valence-corrected chi connectivity index (χ3v) is 4.71. The lowest BCUT2D eigenvalue weighted by Crippen LogP contribution is -2.46. The fourth-order valence-electron chi connectivity index (χ4n) is 2.70. The number of carbonyl (C=O) groups excluding carboxylic acids is 1. The molecule has 1 fully saturated rings. The molecule has 1 saturated heterocycles. The van der Waals surface area contributed by atoms with Crippen molar-refractivity contribution in [2.24, 2.45) is 5.92 Å². The van der Waals surface area contributed by atoms with Crippen molar-refractivity contribution in [1.82, 2.24) is 10.2 Å². The lowest BCUT2D eigenvalue weighted by Gasteiger charge is -2.28. The molecule has 1 atom stereocenters. The maximum absolute atomic E-state index is 12.2. The fraction of sp³-hybridized carbons (Fsp3) is 0.588. The minimum absolute atomic E-state index is 0.308. The minimum Gasteiger partial charge on any atom is -0.340 e. The summed E-state index contributed by atoms with van der Waals surface area (Å²) in [7, 11) is 0. The molecule has 0 spiro atoms. The van der Waals surface area contributed by atoms with Crippen LogP contribution >= 0.6 is 11.8 Å². The highest BCUT2D eigenvalue weighted by Crippen LogP contribution is 2.20. The number of nitrogens with zero attached hydrogens (tertiary/aromatic N) is 1. The number of rotatable bonds is 6. The predicted octanol–water partition coefficient (Wildman–Crippen LogP) is 2.80. The number of amides is 1. The second-order valence-electron chi connectivity index (χ2n) is 5.72. The summed E-state index contributed by atoms with van der Waals surface area (Å²) in [5.74, 6) is 1.81. The van der Waals surface area contributed by atoms with Gasteiger partial charge in [0.2, 0.25) is 5.91 Å². The number of piperazine rings is 1. The first-order valence-corrected chi connectivity index (χ1v) is 8.88. The van der Waals surface area contributed by atoms with E-state index in [2.05, 4.69) is 43.4 Å². The van der Waals surface area contributed by atoms with Gasteiger partial charge in [0.1, 0.15) is 0 Å². The number of carbonyl (C=O) groups is 1. The summed E-state index contributed by atoms with van der Waals surface area (Å²) in [6.07, 6.45) is 1.64. The Balaban J connectivity index is 1.80. The van der Waals surface area contributed by atoms with Crippen LogP contribution in [-0.2, 0) is 11.2 Å². The van der Waals surface area contributed by atoms with Crippen molar-refractivity contribution in [3.8, 4) is 0 Å². The van der Waals surface area contributed by atoms with Crippen LogP contribution < -0.4 is 5.32 Å². The SMILES string of the molecule is CCSc1ccc(CC(C)CC(=O)N2CCNCC2)cc1. The smallest absolute Gasteiger partial charge is 0.222 e. The fourth-order valence-corrected chi connectivity index (χ4v) is 3.37. The Morgan fingerprint density at radius 2 is 1.95 bits per heavy atom. The highest BCUT2D eigenvalue weighted by molar-refractivity contribution is 7.99. The van der Waals surface area contributed by atoms with Gasteiger partial charge in [0, 0.05) is 37.5 Å². The standard InChI is InChI=1S/C17H26N2OS/c1-3-21-16-6-4-15(5-7-16)12-14(2)13-17(20)19-10-8-18-9-11-19/h4-7,14,18H,3,8-13H2,1-2H3. The van der Waals surface area contributed by atoms with Crippen molar-refractivity contribution in [3.05, 3.63) is 29.8 Å². The summed E-state index contributed by atoms with van der Waals surface area (Å²) in [6, 6.07) is 8.77. The highest BCUT2D eigenvalue weighted by atomic mass is 32.2. The van der Waals surface area contributed by atoms with Crippen LogP contribution in [0.5, 0.6) is 0 Å². The quantitative estimate of drug-likeness (QED) is 0.820. The highest BCUT2D eigenvalue weighted by Gasteiger charge is 2.18. The van der Waals surface area contributed by atoms with E-state index in [1.54, 1.807) is 0 Å². The summed E-state index contributed by atoms with van der Waals surface area (Å²) in [4.78, 5) is 15.6. The van der Waals surface area contributed by atoms with Crippen molar-refractivity contribution in [3.63, 3.8) is 0 Å². The van der Waals surface area contributed by atoms with Crippen LogP contribution in [0.25, 0.3) is 0 Å². The number of benzene rings is 1. The van der Waals surface area contributed by atoms with Gasteiger partial charge in [-0.1, -0.05) is 26.0 Å². The Hall–Kier alpha value is -1.00. The largest absolute Gasteiger partial charge is 0.340 e. The van der Waals surface area contributed by atoms with Gasteiger partial charge in [-0.15, -0.1) is 11.8 Å². The van der Waals surface area contributed by atoms with E-state index in [0.29, 0.717) is 18.2 Å². The molecule has 1 heterocycles. The van der Waals surface area contributed by atoms with Gasteiger partial charge in [0.25, 0.3) is 0 Å². The maximum atomic E-state index is 12.2. The lowest BCUT2D eigenvalue weighted by molar-refractivity contribution is -0.132. The zero-order chi connectivity index (χ0) is 15.1. The van der Waals surface area contributed by atoms with Crippen LogP contribution in [0.3, 0.4) is 0 Å². The number of hydrogen-bond donors (Lipinski definition) is 1. The normalized spacial score (nSPS) is 16.8. The minimum atomic E-state index is 0.308. The van der Waals surface area contributed by atoms with E-state index in [4.69, 9.17) is 0 Å². The molecule has 0 saturated carbocycles. The van der Waals surface area contributed by atoms with Crippen molar-refractivity contribution in [1.29, 1.82) is 0 Å². The van der Waals surface area contributed by atoms with Crippen molar-refractivity contribution in [2.45, 2.75) is 31.6 Å². The molecule has 0 bridgehead atoms. The number of thioether (sulfide) groups is 1. The van der Waals surface area contributed by atoms with Gasteiger partial charge >= 0.3 is 0 Å². The van der Waals surface area contributed by atoms with E-state index >= 15 is 0 Å². The molecule has 1 aromatic rings. The van der Waals surface area contributed by atoms with Crippen LogP contribution in [-0.4, -0.2) is 42.7 Å². The molecule has 116 valence electrons. The number of hydrogen-bond acceptors (Lipinski definition) is 3. The molecule has 0 aliphatic carbocycles. The molecule has 0 aromatic heterocycles. The van der Waals surface area contributed by atoms with Crippen LogP contribution in [0.4, 0.5) is 0 Å². The van der Waals surface area contributed by atoms with Gasteiger partial charge in [-0.05, 0) is 35.8 Å². The average molecular weight is 306 g/mol. The second kappa shape index (κ2) is 8.44. The van der Waals surface area contributed by atoms with E-state index in [9.17, 15) is 4.79 Å². The van der Waals surface area contributed by atoms with E-state index < -0.39 is 0 Å². The zero-order valence-electron chi connectivity index (χ0n) is 13.1. The molecule has 3 nitrogen and oxygen atoms in total. The Bertz CT molecular complexity index is 441. The Morgan fingerprint density at radius 1 is 1.29 bits per heavy atom. The summed E-state index contributed by atoms with van der Waals surface area (Å²) in [6.45, 7) is 7.91. The van der Waals surface area contributed by atoms with Gasteiger partial charge in [-0.25, -0.2) is 0 Å². The second-order valence-corrected chi connectivity index (χ2v) is 7.06. The monoisotopic (exact) mass is 306 g/mol. The average Bonchev–Trinajstić information content (AvgIpc) is 2.50. The summed E-state index contributed by atoms with van der Waals surface area (Å²) in [5.41, 5.74) is 1.33. The van der Waals surface area contributed by atoms with Gasteiger partial charge in [0.15, 0.2) is 0 Å². The third kappa shape index (κ3) is 5.36. The topological polar surface area (TPSA) is 32.3 Å². The Kier molecular flexibility index (Phi) is 6.58. The molecule has 1 amide bonds. The molecular weight excluding hydrogens is 280 g/mol. The molecule has 1 aromatic carbocycles. The summed E-state index contributed by atoms with van der Waals surface area (Å²) in [5, 5.41) is 3.28. The first-order chi connectivity index (χ1) is 10.2. The number of nitrogens with one attached hydrogen (secondary N) is 1. The zero-order valence-corrected chi connectivity index (χ0v) is 13.9. The van der Waals surface area contributed by atoms with Crippen LogP contribution in [0.2, 0.25) is 0 Å². The van der Waals surface area contributed by atoms with Crippen LogP contribution in [0.1, 0.15) is 25.8 Å². The van der Waals surface area contributed by atoms with E-state index in [0.717, 1.165) is 38.4 Å². The summed E-state index contributed by atoms with van der Waals surface area (Å²) < 4.78 is 0. The van der Waals surface area contributed by atoms with Crippen LogP contribution in [0.15, 0.2) is 29.2 Å². The Labute approximate surface area is 132 Å². The molecule has 21 heavy (non-hydrogen) atoms. The van der Waals surface area contributed by atoms with Gasteiger partial charge in [-0.3, -0.25) is 4.79 Å². The molecule has 1 aliphatic rings. The van der Waals surface area contributed by atoms with Gasteiger partial charge < -0.3 is 10.2 Å². The molecule has 1 unspecified atom stereocenters. The molecular formula is C17H26N2OS. The van der Waals surface area contributed by atoms with Gasteiger partial charge in [0.05, 0.1) is 0 Å². The van der Waals surface area contributed by atoms with E-state index in [1.807, 2.05) is 16.7 Å². The van der Waals surface area contributed by atoms with Gasteiger partial charge in [-0.2, -0.15) is 0 Å². The lowest BCUT2D eigenvalue weighted by atomic mass is 9.97.